The van der Waals surface area contributed by atoms with Crippen LogP contribution >= 0.6 is 0 Å². The molecule has 4 aromatic rings. The minimum absolute atomic E-state index is 0.715. The maximum atomic E-state index is 5.88. The van der Waals surface area contributed by atoms with Gasteiger partial charge in [-0.25, -0.2) is 0 Å². The summed E-state index contributed by atoms with van der Waals surface area (Å²) in [5, 5.41) is 7.67. The first-order valence-electron chi connectivity index (χ1n) is 10.6. The third-order valence-electron chi connectivity index (χ3n) is 5.20. The number of anilines is 1. The van der Waals surface area contributed by atoms with Gasteiger partial charge in [0.2, 0.25) is 0 Å². The summed E-state index contributed by atoms with van der Waals surface area (Å²) in [4.78, 5) is 4.64. The van der Waals surface area contributed by atoms with Gasteiger partial charge in [-0.15, -0.1) is 0 Å². The number of nitrogens with zero attached hydrogens (tertiary/aromatic N) is 2. The average molecular weight is 414 g/mol. The molecule has 5 heteroatoms. The maximum absolute atomic E-state index is 5.88. The Kier molecular flexibility index (Phi) is 6.32. The van der Waals surface area contributed by atoms with Gasteiger partial charge in [0.25, 0.3) is 0 Å². The molecule has 0 atom stereocenters. The number of hydrazone groups is 1. The number of nitrogens with one attached hydrogen (secondary N) is 1. The quantitative estimate of drug-likeness (QED) is 0.208. The van der Waals surface area contributed by atoms with Crippen molar-refractivity contribution in [3.05, 3.63) is 71.9 Å². The molecular formula is C26H27N3O2. The van der Waals surface area contributed by atoms with E-state index < -0.39 is 0 Å². The van der Waals surface area contributed by atoms with Gasteiger partial charge in [-0.05, 0) is 55.1 Å². The molecule has 158 valence electrons. The molecule has 0 aliphatic carbocycles. The standard InChI is InChI=1S/C26H27N3O2/c1-4-5-14-31-20-11-12-24-23(16-20)25(15-18(2)28-24)29-27-17-19-10-13-26(30-3)22-9-7-6-8-21(19)22/h6-13,15-17H,4-5,14H2,1-3H3,(H,28,29). The lowest BCUT2D eigenvalue weighted by atomic mass is 10.0. The lowest BCUT2D eigenvalue weighted by Gasteiger charge is -2.11. The fourth-order valence-corrected chi connectivity index (χ4v) is 3.61. The molecule has 3 aromatic carbocycles. The van der Waals surface area contributed by atoms with Gasteiger partial charge < -0.3 is 9.47 Å². The number of fused-ring (bicyclic) bond motifs is 2. The molecule has 0 radical (unpaired) electrons. The fourth-order valence-electron chi connectivity index (χ4n) is 3.61. The Morgan fingerprint density at radius 3 is 2.65 bits per heavy atom. The van der Waals surface area contributed by atoms with Gasteiger partial charge in [-0.3, -0.25) is 10.4 Å². The molecule has 0 saturated heterocycles. The molecular weight excluding hydrogens is 386 g/mol. The van der Waals surface area contributed by atoms with E-state index in [0.29, 0.717) is 6.61 Å². The highest BCUT2D eigenvalue weighted by molar-refractivity contribution is 6.02. The molecule has 0 bridgehead atoms. The zero-order chi connectivity index (χ0) is 21.6. The lowest BCUT2D eigenvalue weighted by molar-refractivity contribution is 0.310. The monoisotopic (exact) mass is 413 g/mol. The molecule has 0 amide bonds. The van der Waals surface area contributed by atoms with Gasteiger partial charge in [0, 0.05) is 22.0 Å². The van der Waals surface area contributed by atoms with Gasteiger partial charge >= 0.3 is 0 Å². The normalized spacial score (nSPS) is 11.3. The summed E-state index contributed by atoms with van der Waals surface area (Å²) in [6.45, 7) is 4.85. The third kappa shape index (κ3) is 4.61. The first kappa shape index (κ1) is 20.7. The molecule has 0 fully saturated rings. The Hall–Kier alpha value is -3.60. The number of aromatic nitrogens is 1. The summed E-state index contributed by atoms with van der Waals surface area (Å²) >= 11 is 0. The van der Waals surface area contributed by atoms with E-state index in [1.54, 1.807) is 7.11 Å². The van der Waals surface area contributed by atoms with Crippen LogP contribution in [0.2, 0.25) is 0 Å². The summed E-state index contributed by atoms with van der Waals surface area (Å²) in [5.41, 5.74) is 6.97. The van der Waals surface area contributed by atoms with E-state index in [9.17, 15) is 0 Å². The summed E-state index contributed by atoms with van der Waals surface area (Å²) < 4.78 is 11.4. The van der Waals surface area contributed by atoms with Crippen LogP contribution in [-0.4, -0.2) is 24.9 Å². The van der Waals surface area contributed by atoms with Crippen molar-refractivity contribution >= 4 is 33.6 Å². The van der Waals surface area contributed by atoms with Crippen molar-refractivity contribution in [1.82, 2.24) is 4.98 Å². The predicted molar refractivity (Wildman–Crippen MR) is 129 cm³/mol. The number of aryl methyl sites for hydroxylation is 1. The SMILES string of the molecule is CCCCOc1ccc2nc(C)cc(NN=Cc3ccc(OC)c4ccccc34)c2c1. The first-order valence-corrected chi connectivity index (χ1v) is 10.6. The van der Waals surface area contributed by atoms with Crippen LogP contribution in [-0.2, 0) is 0 Å². The number of ether oxygens (including phenoxy) is 2. The topological polar surface area (TPSA) is 55.7 Å². The minimum atomic E-state index is 0.715. The van der Waals surface area contributed by atoms with Gasteiger partial charge in [-0.2, -0.15) is 5.10 Å². The van der Waals surface area contributed by atoms with Crippen molar-refractivity contribution in [2.24, 2.45) is 5.10 Å². The van der Waals surface area contributed by atoms with Crippen LogP contribution in [0.25, 0.3) is 21.7 Å². The van der Waals surface area contributed by atoms with Crippen molar-refractivity contribution in [3.8, 4) is 11.5 Å². The number of pyridine rings is 1. The summed E-state index contributed by atoms with van der Waals surface area (Å²) in [6, 6.07) is 20.1. The van der Waals surface area contributed by atoms with Crippen molar-refractivity contribution in [2.45, 2.75) is 26.7 Å². The van der Waals surface area contributed by atoms with Crippen molar-refractivity contribution in [2.75, 3.05) is 19.1 Å². The molecule has 1 N–H and O–H groups in total. The Bertz CT molecular complexity index is 1230. The molecule has 31 heavy (non-hydrogen) atoms. The molecule has 4 rings (SSSR count). The van der Waals surface area contributed by atoms with Crippen molar-refractivity contribution in [1.29, 1.82) is 0 Å². The van der Waals surface area contributed by atoms with Gasteiger partial charge in [0.15, 0.2) is 0 Å². The molecule has 1 heterocycles. The number of unbranched alkanes of at least 4 members (excludes halogenated alkanes) is 1. The van der Waals surface area contributed by atoms with Crippen LogP contribution in [0.4, 0.5) is 5.69 Å². The van der Waals surface area contributed by atoms with Crippen LogP contribution in [0, 0.1) is 6.92 Å². The predicted octanol–water partition coefficient (Wildman–Crippen LogP) is 6.33. The Morgan fingerprint density at radius 2 is 1.84 bits per heavy atom. The fraction of sp³-hybridized carbons (Fsp3) is 0.231. The molecule has 5 nitrogen and oxygen atoms in total. The average Bonchev–Trinajstić information content (AvgIpc) is 2.79. The first-order chi connectivity index (χ1) is 15.2. The summed E-state index contributed by atoms with van der Waals surface area (Å²) in [5.74, 6) is 1.70. The highest BCUT2D eigenvalue weighted by Gasteiger charge is 2.07. The largest absolute Gasteiger partial charge is 0.496 e. The van der Waals surface area contributed by atoms with Gasteiger partial charge in [-0.1, -0.05) is 37.6 Å². The Morgan fingerprint density at radius 1 is 1.00 bits per heavy atom. The van der Waals surface area contributed by atoms with Gasteiger partial charge in [0.1, 0.15) is 11.5 Å². The maximum Gasteiger partial charge on any atom is 0.126 e. The minimum Gasteiger partial charge on any atom is -0.496 e. The van der Waals surface area contributed by atoms with E-state index >= 15 is 0 Å². The summed E-state index contributed by atoms with van der Waals surface area (Å²) in [6.07, 6.45) is 3.98. The lowest BCUT2D eigenvalue weighted by Crippen LogP contribution is -1.98. The van der Waals surface area contributed by atoms with Crippen LogP contribution in [0.1, 0.15) is 31.0 Å². The van der Waals surface area contributed by atoms with E-state index in [2.05, 4.69) is 34.6 Å². The number of rotatable bonds is 8. The molecule has 0 aliphatic heterocycles. The molecule has 0 unspecified atom stereocenters. The number of benzene rings is 3. The van der Waals surface area contributed by atoms with E-state index in [1.165, 1.54) is 0 Å². The Balaban J connectivity index is 1.63. The number of hydrogen-bond donors (Lipinski definition) is 1. The number of methoxy groups -OCH3 is 1. The zero-order valence-corrected chi connectivity index (χ0v) is 18.2. The molecule has 0 saturated carbocycles. The van der Waals surface area contributed by atoms with Crippen LogP contribution in [0.15, 0.2) is 65.8 Å². The smallest absolute Gasteiger partial charge is 0.126 e. The van der Waals surface area contributed by atoms with Crippen LogP contribution in [0.3, 0.4) is 0 Å². The zero-order valence-electron chi connectivity index (χ0n) is 18.2. The van der Waals surface area contributed by atoms with E-state index in [1.807, 2.05) is 61.7 Å². The third-order valence-corrected chi connectivity index (χ3v) is 5.20. The van der Waals surface area contributed by atoms with Gasteiger partial charge in [0.05, 0.1) is 31.1 Å². The number of hydrogen-bond acceptors (Lipinski definition) is 5. The molecule has 0 aliphatic rings. The van der Waals surface area contributed by atoms with E-state index in [4.69, 9.17) is 9.47 Å². The second-order valence-corrected chi connectivity index (χ2v) is 7.46. The van der Waals surface area contributed by atoms with E-state index in [0.717, 1.165) is 63.0 Å². The van der Waals surface area contributed by atoms with Crippen molar-refractivity contribution in [3.63, 3.8) is 0 Å². The highest BCUT2D eigenvalue weighted by Crippen LogP contribution is 2.29. The molecule has 0 spiro atoms. The Labute approximate surface area is 182 Å². The van der Waals surface area contributed by atoms with Crippen LogP contribution < -0.4 is 14.9 Å². The summed E-state index contributed by atoms with van der Waals surface area (Å²) in [7, 11) is 1.69. The van der Waals surface area contributed by atoms with Crippen LogP contribution in [0.5, 0.6) is 11.5 Å². The second kappa shape index (κ2) is 9.47. The molecule has 1 aromatic heterocycles. The highest BCUT2D eigenvalue weighted by atomic mass is 16.5. The van der Waals surface area contributed by atoms with Crippen molar-refractivity contribution < 1.29 is 9.47 Å². The second-order valence-electron chi connectivity index (χ2n) is 7.46. The van der Waals surface area contributed by atoms with E-state index in [-0.39, 0.29) is 0 Å².